The third kappa shape index (κ3) is 2.87. The maximum absolute atomic E-state index is 6.22. The molecule has 0 amide bonds. The third-order valence-corrected chi connectivity index (χ3v) is 4.80. The van der Waals surface area contributed by atoms with E-state index < -0.39 is 0 Å². The highest BCUT2D eigenvalue weighted by atomic mass is 35.5. The Kier molecular flexibility index (Phi) is 4.66. The second-order valence-corrected chi connectivity index (χ2v) is 5.83. The SMILES string of the molecule is Cc1cccc(C(CCl)(CCl)Cc2cscn2)c1. The lowest BCUT2D eigenvalue weighted by atomic mass is 9.79. The normalized spacial score (nSPS) is 11.7. The molecule has 18 heavy (non-hydrogen) atoms. The molecule has 0 aliphatic rings. The molecule has 0 radical (unpaired) electrons. The summed E-state index contributed by atoms with van der Waals surface area (Å²) in [5, 5.41) is 2.06. The van der Waals surface area contributed by atoms with Crippen LogP contribution in [0.4, 0.5) is 0 Å². The van der Waals surface area contributed by atoms with Crippen LogP contribution in [0, 0.1) is 6.92 Å². The predicted octanol–water partition coefficient (Wildman–Crippen LogP) is 4.41. The van der Waals surface area contributed by atoms with E-state index in [9.17, 15) is 0 Å². The maximum Gasteiger partial charge on any atom is 0.0794 e. The smallest absolute Gasteiger partial charge is 0.0794 e. The van der Waals surface area contributed by atoms with Crippen molar-refractivity contribution in [3.63, 3.8) is 0 Å². The molecule has 0 fully saturated rings. The van der Waals surface area contributed by atoms with Gasteiger partial charge < -0.3 is 0 Å². The molecule has 0 N–H and O–H groups in total. The summed E-state index contributed by atoms with van der Waals surface area (Å²) in [5.41, 5.74) is 5.09. The van der Waals surface area contributed by atoms with E-state index in [0.29, 0.717) is 11.8 Å². The van der Waals surface area contributed by atoms with Gasteiger partial charge in [-0.2, -0.15) is 0 Å². The van der Waals surface area contributed by atoms with Crippen LogP contribution in [0.25, 0.3) is 0 Å². The van der Waals surface area contributed by atoms with Crippen LogP contribution in [0.3, 0.4) is 0 Å². The summed E-state index contributed by atoms with van der Waals surface area (Å²) in [6.45, 7) is 2.08. The van der Waals surface area contributed by atoms with Gasteiger partial charge in [-0.3, -0.25) is 0 Å². The number of thiazole rings is 1. The second kappa shape index (κ2) is 6.05. The van der Waals surface area contributed by atoms with Crippen LogP contribution in [0.1, 0.15) is 16.8 Å². The number of halogens is 2. The van der Waals surface area contributed by atoms with E-state index in [1.165, 1.54) is 11.1 Å². The molecule has 0 saturated carbocycles. The van der Waals surface area contributed by atoms with Gasteiger partial charge in [-0.05, 0) is 12.5 Å². The highest BCUT2D eigenvalue weighted by molar-refractivity contribution is 7.07. The lowest BCUT2D eigenvalue weighted by Gasteiger charge is -2.30. The molecule has 1 aromatic heterocycles. The Morgan fingerprint density at radius 1 is 1.28 bits per heavy atom. The molecule has 0 bridgehead atoms. The van der Waals surface area contributed by atoms with Crippen molar-refractivity contribution in [2.45, 2.75) is 18.8 Å². The van der Waals surface area contributed by atoms with E-state index in [0.717, 1.165) is 12.1 Å². The minimum absolute atomic E-state index is 0.233. The summed E-state index contributed by atoms with van der Waals surface area (Å²) >= 11 is 14.0. The molecule has 0 saturated heterocycles. The van der Waals surface area contributed by atoms with E-state index >= 15 is 0 Å². The van der Waals surface area contributed by atoms with Gasteiger partial charge in [0.15, 0.2) is 0 Å². The van der Waals surface area contributed by atoms with Crippen LogP contribution in [0.15, 0.2) is 35.2 Å². The van der Waals surface area contributed by atoms with Crippen LogP contribution in [0.5, 0.6) is 0 Å². The van der Waals surface area contributed by atoms with Crippen molar-refractivity contribution in [2.75, 3.05) is 11.8 Å². The first kappa shape index (κ1) is 13.9. The molecule has 4 heteroatoms. The number of aryl methyl sites for hydroxylation is 1. The van der Waals surface area contributed by atoms with Crippen molar-refractivity contribution < 1.29 is 0 Å². The van der Waals surface area contributed by atoms with E-state index in [4.69, 9.17) is 23.2 Å². The van der Waals surface area contributed by atoms with E-state index in [1.807, 2.05) is 5.51 Å². The van der Waals surface area contributed by atoms with E-state index in [1.54, 1.807) is 11.3 Å². The molecule has 96 valence electrons. The Balaban J connectivity index is 2.37. The molecule has 0 aliphatic carbocycles. The van der Waals surface area contributed by atoms with Gasteiger partial charge in [0.1, 0.15) is 0 Å². The van der Waals surface area contributed by atoms with E-state index in [-0.39, 0.29) is 5.41 Å². The summed E-state index contributed by atoms with van der Waals surface area (Å²) in [4.78, 5) is 4.35. The molecule has 0 spiro atoms. The average molecular weight is 300 g/mol. The fourth-order valence-electron chi connectivity index (χ4n) is 2.03. The zero-order valence-corrected chi connectivity index (χ0v) is 12.5. The Morgan fingerprint density at radius 2 is 2.06 bits per heavy atom. The number of hydrogen-bond donors (Lipinski definition) is 0. The number of aromatic nitrogens is 1. The standard InChI is InChI=1S/C14H15Cl2NS/c1-11-3-2-4-12(5-11)14(8-15,9-16)6-13-7-18-10-17-13/h2-5,7,10H,6,8-9H2,1H3. The van der Waals surface area contributed by atoms with Crippen LogP contribution >= 0.6 is 34.5 Å². The summed E-state index contributed by atoms with van der Waals surface area (Å²) < 4.78 is 0. The molecule has 2 aromatic rings. The highest BCUT2D eigenvalue weighted by Gasteiger charge is 2.31. The predicted molar refractivity (Wildman–Crippen MR) is 80.1 cm³/mol. The van der Waals surface area contributed by atoms with Crippen molar-refractivity contribution in [3.8, 4) is 0 Å². The second-order valence-electron chi connectivity index (χ2n) is 4.57. The number of benzene rings is 1. The first-order valence-electron chi connectivity index (χ1n) is 5.76. The molecule has 1 aromatic carbocycles. The number of hydrogen-bond acceptors (Lipinski definition) is 2. The van der Waals surface area contributed by atoms with Gasteiger partial charge in [0.25, 0.3) is 0 Å². The Morgan fingerprint density at radius 3 is 2.61 bits per heavy atom. The van der Waals surface area contributed by atoms with Gasteiger partial charge in [-0.1, -0.05) is 29.8 Å². The van der Waals surface area contributed by atoms with Gasteiger partial charge in [-0.25, -0.2) is 4.98 Å². The number of nitrogens with zero attached hydrogens (tertiary/aromatic N) is 1. The van der Waals surface area contributed by atoms with E-state index in [2.05, 4.69) is 41.6 Å². The summed E-state index contributed by atoms with van der Waals surface area (Å²) in [7, 11) is 0. The zero-order chi connectivity index (χ0) is 13.0. The molecular weight excluding hydrogens is 285 g/mol. The summed E-state index contributed by atoms with van der Waals surface area (Å²) in [6.07, 6.45) is 0.785. The summed E-state index contributed by atoms with van der Waals surface area (Å²) in [5.74, 6) is 0.995. The average Bonchev–Trinajstić information content (AvgIpc) is 2.89. The molecular formula is C14H15Cl2NS. The molecule has 2 rings (SSSR count). The monoisotopic (exact) mass is 299 g/mol. The quantitative estimate of drug-likeness (QED) is 0.745. The zero-order valence-electron chi connectivity index (χ0n) is 10.2. The topological polar surface area (TPSA) is 12.9 Å². The first-order chi connectivity index (χ1) is 8.70. The van der Waals surface area contributed by atoms with Crippen molar-refractivity contribution in [1.82, 2.24) is 4.98 Å². The Bertz CT molecular complexity index is 492. The molecule has 1 nitrogen and oxygen atoms in total. The van der Waals surface area contributed by atoms with Gasteiger partial charge in [-0.15, -0.1) is 34.5 Å². The minimum Gasteiger partial charge on any atom is -0.250 e. The molecule has 0 unspecified atom stereocenters. The third-order valence-electron chi connectivity index (χ3n) is 3.15. The maximum atomic E-state index is 6.22. The summed E-state index contributed by atoms with van der Waals surface area (Å²) in [6, 6.07) is 8.40. The van der Waals surface area contributed by atoms with Gasteiger partial charge >= 0.3 is 0 Å². The van der Waals surface area contributed by atoms with Crippen molar-refractivity contribution in [1.29, 1.82) is 0 Å². The highest BCUT2D eigenvalue weighted by Crippen LogP contribution is 2.32. The van der Waals surface area contributed by atoms with Crippen molar-refractivity contribution in [3.05, 3.63) is 52.0 Å². The largest absolute Gasteiger partial charge is 0.250 e. The van der Waals surface area contributed by atoms with Gasteiger partial charge in [0, 0.05) is 29.0 Å². The number of rotatable bonds is 5. The fraction of sp³-hybridized carbons (Fsp3) is 0.357. The van der Waals surface area contributed by atoms with Gasteiger partial charge in [0.05, 0.1) is 11.2 Å². The Hall–Kier alpha value is -0.570. The van der Waals surface area contributed by atoms with Crippen LogP contribution < -0.4 is 0 Å². The van der Waals surface area contributed by atoms with Gasteiger partial charge in [0.2, 0.25) is 0 Å². The number of alkyl halides is 2. The lowest BCUT2D eigenvalue weighted by molar-refractivity contribution is 0.530. The van der Waals surface area contributed by atoms with Crippen LogP contribution in [-0.2, 0) is 11.8 Å². The minimum atomic E-state index is -0.233. The van der Waals surface area contributed by atoms with Crippen molar-refractivity contribution >= 4 is 34.5 Å². The molecule has 1 heterocycles. The fourth-order valence-corrected chi connectivity index (χ4v) is 3.37. The van der Waals surface area contributed by atoms with Crippen LogP contribution in [0.2, 0.25) is 0 Å². The lowest BCUT2D eigenvalue weighted by Crippen LogP contribution is -2.33. The van der Waals surface area contributed by atoms with Crippen LogP contribution in [-0.4, -0.2) is 16.7 Å². The molecule has 0 aliphatic heterocycles. The van der Waals surface area contributed by atoms with Crippen molar-refractivity contribution in [2.24, 2.45) is 0 Å². The molecule has 0 atom stereocenters. The first-order valence-corrected chi connectivity index (χ1v) is 7.77. The Labute approximate surface area is 122 Å².